The Labute approximate surface area is 315 Å². The van der Waals surface area contributed by atoms with Gasteiger partial charge in [-0.05, 0) is 105 Å². The van der Waals surface area contributed by atoms with Crippen LogP contribution in [0.2, 0.25) is 0 Å². The van der Waals surface area contributed by atoms with Crippen LogP contribution in [0.3, 0.4) is 0 Å². The maximum Gasteiger partial charge on any atom is 0.0618 e. The van der Waals surface area contributed by atoms with Crippen molar-refractivity contribution >= 4 is 77.2 Å². The molecule has 0 unspecified atom stereocenters. The van der Waals surface area contributed by atoms with Crippen LogP contribution in [0, 0.1) is 0 Å². The second-order valence-electron chi connectivity index (χ2n) is 13.7. The molecule has 0 amide bonds. The normalized spacial score (nSPS) is 11.3. The quantitative estimate of drug-likeness (QED) is 0.154. The standard InChI is InChI=1S/C52H36N2/c1-5-21-39(22-6-1)53(40-23-7-2-8-24-40)50-34-33-45(48-35-37-19-13-14-20-38(37)36-49(48)50)51-43-29-15-17-31-46(43)52(47-32-18-16-30-44(47)51)54(41-25-9-3-10-26-41)42-27-11-4-12-28-42/h1-36H. The lowest BCUT2D eigenvalue weighted by Gasteiger charge is -2.30. The highest BCUT2D eigenvalue weighted by atomic mass is 15.1. The van der Waals surface area contributed by atoms with Gasteiger partial charge in [-0.15, -0.1) is 0 Å². The van der Waals surface area contributed by atoms with Gasteiger partial charge in [0, 0.05) is 38.9 Å². The van der Waals surface area contributed by atoms with Crippen LogP contribution in [0.15, 0.2) is 218 Å². The van der Waals surface area contributed by atoms with Gasteiger partial charge in [0.2, 0.25) is 0 Å². The van der Waals surface area contributed by atoms with E-state index in [2.05, 4.69) is 228 Å². The molecule has 0 bridgehead atoms. The molecule has 254 valence electrons. The zero-order valence-electron chi connectivity index (χ0n) is 29.7. The monoisotopic (exact) mass is 688 g/mol. The molecular weight excluding hydrogens is 653 g/mol. The summed E-state index contributed by atoms with van der Waals surface area (Å²) in [4.78, 5) is 4.80. The van der Waals surface area contributed by atoms with Crippen molar-refractivity contribution in [2.75, 3.05) is 9.80 Å². The maximum absolute atomic E-state index is 2.42. The predicted octanol–water partition coefficient (Wildman–Crippen LogP) is 14.9. The van der Waals surface area contributed by atoms with Gasteiger partial charge in [-0.3, -0.25) is 0 Å². The molecule has 0 aromatic heterocycles. The molecule has 10 aromatic carbocycles. The first-order valence-electron chi connectivity index (χ1n) is 18.5. The van der Waals surface area contributed by atoms with E-state index in [1.807, 2.05) is 0 Å². The molecule has 0 saturated heterocycles. The molecule has 54 heavy (non-hydrogen) atoms. The lowest BCUT2D eigenvalue weighted by molar-refractivity contribution is 1.30. The molecule has 2 nitrogen and oxygen atoms in total. The van der Waals surface area contributed by atoms with Crippen LogP contribution in [0.4, 0.5) is 34.1 Å². The number of fused-ring (bicyclic) bond motifs is 4. The lowest BCUT2D eigenvalue weighted by atomic mass is 9.86. The average Bonchev–Trinajstić information content (AvgIpc) is 3.25. The Morgan fingerprint density at radius 3 is 1.09 bits per heavy atom. The van der Waals surface area contributed by atoms with E-state index < -0.39 is 0 Å². The first kappa shape index (κ1) is 31.6. The first-order valence-corrected chi connectivity index (χ1v) is 18.5. The fourth-order valence-electron chi connectivity index (χ4n) is 8.21. The highest BCUT2D eigenvalue weighted by molar-refractivity contribution is 6.25. The van der Waals surface area contributed by atoms with E-state index in [9.17, 15) is 0 Å². The molecule has 0 aliphatic rings. The van der Waals surface area contributed by atoms with Crippen molar-refractivity contribution in [1.82, 2.24) is 0 Å². The molecule has 0 aliphatic carbocycles. The van der Waals surface area contributed by atoms with Gasteiger partial charge in [0.15, 0.2) is 0 Å². The molecule has 0 fully saturated rings. The van der Waals surface area contributed by atoms with Gasteiger partial charge in [-0.2, -0.15) is 0 Å². The molecule has 10 aromatic rings. The third kappa shape index (κ3) is 5.36. The second kappa shape index (κ2) is 13.4. The van der Waals surface area contributed by atoms with Crippen LogP contribution in [0.5, 0.6) is 0 Å². The van der Waals surface area contributed by atoms with Crippen LogP contribution >= 0.6 is 0 Å². The number of hydrogen-bond acceptors (Lipinski definition) is 2. The van der Waals surface area contributed by atoms with E-state index in [4.69, 9.17) is 0 Å². The molecule has 10 rings (SSSR count). The van der Waals surface area contributed by atoms with E-state index in [1.165, 1.54) is 59.9 Å². The molecule has 0 atom stereocenters. The maximum atomic E-state index is 2.42. The smallest absolute Gasteiger partial charge is 0.0618 e. The molecule has 2 heteroatoms. The molecule has 0 heterocycles. The van der Waals surface area contributed by atoms with Gasteiger partial charge in [0.25, 0.3) is 0 Å². The van der Waals surface area contributed by atoms with Crippen LogP contribution < -0.4 is 9.80 Å². The zero-order valence-corrected chi connectivity index (χ0v) is 29.7. The number of anilines is 6. The van der Waals surface area contributed by atoms with E-state index in [1.54, 1.807) is 0 Å². The van der Waals surface area contributed by atoms with E-state index >= 15 is 0 Å². The van der Waals surface area contributed by atoms with Gasteiger partial charge in [0.1, 0.15) is 0 Å². The van der Waals surface area contributed by atoms with Crippen molar-refractivity contribution in [1.29, 1.82) is 0 Å². The summed E-state index contributed by atoms with van der Waals surface area (Å²) in [7, 11) is 0. The third-order valence-corrected chi connectivity index (χ3v) is 10.6. The molecule has 0 aliphatic heterocycles. The highest BCUT2D eigenvalue weighted by Gasteiger charge is 2.24. The number of rotatable bonds is 7. The fraction of sp³-hybridized carbons (Fsp3) is 0. The van der Waals surface area contributed by atoms with Crippen molar-refractivity contribution < 1.29 is 0 Å². The fourth-order valence-corrected chi connectivity index (χ4v) is 8.21. The summed E-state index contributed by atoms with van der Waals surface area (Å²) in [5, 5.41) is 9.69. The Kier molecular flexibility index (Phi) is 7.85. The van der Waals surface area contributed by atoms with Crippen LogP contribution in [-0.4, -0.2) is 0 Å². The number of hydrogen-bond donors (Lipinski definition) is 0. The Morgan fingerprint density at radius 1 is 0.259 bits per heavy atom. The third-order valence-electron chi connectivity index (χ3n) is 10.6. The van der Waals surface area contributed by atoms with Crippen LogP contribution in [0.1, 0.15) is 0 Å². The van der Waals surface area contributed by atoms with E-state index in [0.717, 1.165) is 28.4 Å². The zero-order chi connectivity index (χ0) is 35.8. The topological polar surface area (TPSA) is 6.48 Å². The van der Waals surface area contributed by atoms with Gasteiger partial charge in [-0.25, -0.2) is 0 Å². The number of para-hydroxylation sites is 4. The minimum absolute atomic E-state index is 1.12. The lowest BCUT2D eigenvalue weighted by Crippen LogP contribution is -2.11. The second-order valence-corrected chi connectivity index (χ2v) is 13.7. The summed E-state index contributed by atoms with van der Waals surface area (Å²) in [5.74, 6) is 0. The molecule has 0 radical (unpaired) electrons. The van der Waals surface area contributed by atoms with Crippen molar-refractivity contribution in [3.05, 3.63) is 218 Å². The van der Waals surface area contributed by atoms with Gasteiger partial charge in [-0.1, -0.05) is 152 Å². The van der Waals surface area contributed by atoms with Crippen molar-refractivity contribution in [2.24, 2.45) is 0 Å². The van der Waals surface area contributed by atoms with Gasteiger partial charge < -0.3 is 9.80 Å². The summed E-state index contributed by atoms with van der Waals surface area (Å²) < 4.78 is 0. The minimum Gasteiger partial charge on any atom is -0.310 e. The molecule has 0 saturated carbocycles. The summed E-state index contributed by atoms with van der Waals surface area (Å²) in [6, 6.07) is 78.9. The average molecular weight is 689 g/mol. The van der Waals surface area contributed by atoms with Gasteiger partial charge >= 0.3 is 0 Å². The SMILES string of the molecule is c1ccc(N(c2ccccc2)c2ccc(-c3c4ccccc4c(N(c4ccccc4)c4ccccc4)c4ccccc34)c3cc4ccccc4cc23)cc1. The molecule has 0 N–H and O–H groups in total. The van der Waals surface area contributed by atoms with Gasteiger partial charge in [0.05, 0.1) is 11.4 Å². The summed E-state index contributed by atoms with van der Waals surface area (Å²) in [6.45, 7) is 0. The van der Waals surface area contributed by atoms with Crippen LogP contribution in [-0.2, 0) is 0 Å². The number of benzene rings is 10. The van der Waals surface area contributed by atoms with E-state index in [-0.39, 0.29) is 0 Å². The minimum atomic E-state index is 1.12. The first-order chi connectivity index (χ1) is 26.8. The van der Waals surface area contributed by atoms with Crippen molar-refractivity contribution in [3.8, 4) is 11.1 Å². The Hall–Kier alpha value is -7.16. The molecule has 0 spiro atoms. The summed E-state index contributed by atoms with van der Waals surface area (Å²) in [5.41, 5.74) is 9.25. The highest BCUT2D eigenvalue weighted by Crippen LogP contribution is 2.50. The Bertz CT molecular complexity index is 2790. The summed E-state index contributed by atoms with van der Waals surface area (Å²) in [6.07, 6.45) is 0. The van der Waals surface area contributed by atoms with Crippen LogP contribution in [0.25, 0.3) is 54.2 Å². The predicted molar refractivity (Wildman–Crippen MR) is 231 cm³/mol. The number of nitrogens with zero attached hydrogens (tertiary/aromatic N) is 2. The Morgan fingerprint density at radius 2 is 0.630 bits per heavy atom. The Balaban J connectivity index is 1.31. The van der Waals surface area contributed by atoms with E-state index in [0.29, 0.717) is 0 Å². The van der Waals surface area contributed by atoms with Crippen molar-refractivity contribution in [3.63, 3.8) is 0 Å². The molecular formula is C52H36N2. The van der Waals surface area contributed by atoms with Crippen molar-refractivity contribution in [2.45, 2.75) is 0 Å². The largest absolute Gasteiger partial charge is 0.310 e. The summed E-state index contributed by atoms with van der Waals surface area (Å²) >= 11 is 0.